The van der Waals surface area contributed by atoms with Gasteiger partial charge in [-0.3, -0.25) is 14.9 Å². The first-order valence-electron chi connectivity index (χ1n) is 7.73. The molecule has 1 saturated heterocycles. The van der Waals surface area contributed by atoms with Crippen LogP contribution < -0.4 is 4.90 Å². The maximum Gasteiger partial charge on any atom is 0.112 e. The van der Waals surface area contributed by atoms with Crippen molar-refractivity contribution in [3.63, 3.8) is 0 Å². The summed E-state index contributed by atoms with van der Waals surface area (Å²) in [5, 5.41) is 0. The summed E-state index contributed by atoms with van der Waals surface area (Å²) in [7, 11) is 0. The number of nitrogens with zero attached hydrogens (tertiary/aromatic N) is 4. The zero-order chi connectivity index (χ0) is 15.4. The van der Waals surface area contributed by atoms with E-state index in [2.05, 4.69) is 41.8 Å². The molecule has 0 amide bonds. The minimum absolute atomic E-state index is 0.796. The molecular formula is C16H21BrN4O. The van der Waals surface area contributed by atoms with Crippen molar-refractivity contribution < 1.29 is 4.74 Å². The van der Waals surface area contributed by atoms with Gasteiger partial charge in [-0.05, 0) is 35.0 Å². The number of fused-ring (bicyclic) bond motifs is 1. The normalized spacial score (nSPS) is 16.4. The van der Waals surface area contributed by atoms with Gasteiger partial charge in [0.1, 0.15) is 5.52 Å². The van der Waals surface area contributed by atoms with Crippen LogP contribution in [0.1, 0.15) is 6.92 Å². The second kappa shape index (κ2) is 7.35. The molecule has 0 N–H and O–H groups in total. The minimum Gasteiger partial charge on any atom is -0.380 e. The van der Waals surface area contributed by atoms with Crippen molar-refractivity contribution in [2.45, 2.75) is 6.92 Å². The fraction of sp³-hybridized carbons (Fsp3) is 0.500. The molecule has 0 spiro atoms. The van der Waals surface area contributed by atoms with E-state index in [4.69, 9.17) is 4.74 Å². The average Bonchev–Trinajstić information content (AvgIpc) is 2.55. The Bertz CT molecular complexity index is 629. The number of halogens is 1. The molecule has 1 fully saturated rings. The minimum atomic E-state index is 0.796. The third kappa shape index (κ3) is 3.56. The highest BCUT2D eigenvalue weighted by Crippen LogP contribution is 2.26. The molecule has 1 aliphatic rings. The van der Waals surface area contributed by atoms with Crippen molar-refractivity contribution in [1.82, 2.24) is 14.9 Å². The van der Waals surface area contributed by atoms with E-state index < -0.39 is 0 Å². The van der Waals surface area contributed by atoms with Crippen molar-refractivity contribution in [2.24, 2.45) is 0 Å². The Morgan fingerprint density at radius 2 is 2.05 bits per heavy atom. The van der Waals surface area contributed by atoms with E-state index in [0.29, 0.717) is 0 Å². The van der Waals surface area contributed by atoms with E-state index in [1.54, 1.807) is 0 Å². The summed E-state index contributed by atoms with van der Waals surface area (Å²) in [4.78, 5) is 13.8. The third-order valence-electron chi connectivity index (χ3n) is 3.99. The summed E-state index contributed by atoms with van der Waals surface area (Å²) >= 11 is 3.46. The molecule has 0 bridgehead atoms. The third-order valence-corrected chi connectivity index (χ3v) is 4.43. The first-order valence-corrected chi connectivity index (χ1v) is 8.52. The lowest BCUT2D eigenvalue weighted by Crippen LogP contribution is -2.47. The fourth-order valence-electron chi connectivity index (χ4n) is 2.80. The first kappa shape index (κ1) is 15.6. The lowest BCUT2D eigenvalue weighted by molar-refractivity contribution is 0.111. The number of ether oxygens (including phenoxy) is 1. The average molecular weight is 365 g/mol. The number of aromatic nitrogens is 2. The number of pyridine rings is 2. The lowest BCUT2D eigenvalue weighted by atomic mass is 10.2. The first-order chi connectivity index (χ1) is 10.8. The number of rotatable bonds is 5. The quantitative estimate of drug-likeness (QED) is 0.762. The molecule has 6 heteroatoms. The Balaban J connectivity index is 1.69. The van der Waals surface area contributed by atoms with Gasteiger partial charge >= 0.3 is 0 Å². The number of piperazine rings is 1. The van der Waals surface area contributed by atoms with E-state index in [1.807, 2.05) is 25.4 Å². The van der Waals surface area contributed by atoms with Gasteiger partial charge in [-0.15, -0.1) is 0 Å². The van der Waals surface area contributed by atoms with Crippen LogP contribution in [0.4, 0.5) is 5.69 Å². The predicted octanol–water partition coefficient (Wildman–Crippen LogP) is 2.55. The van der Waals surface area contributed by atoms with Crippen LogP contribution in [0.25, 0.3) is 11.0 Å². The zero-order valence-corrected chi connectivity index (χ0v) is 14.4. The highest BCUT2D eigenvalue weighted by molar-refractivity contribution is 9.10. The molecule has 3 rings (SSSR count). The van der Waals surface area contributed by atoms with Crippen LogP contribution >= 0.6 is 15.9 Å². The van der Waals surface area contributed by atoms with Crippen LogP contribution in [-0.4, -0.2) is 60.8 Å². The van der Waals surface area contributed by atoms with Gasteiger partial charge in [-0.1, -0.05) is 0 Å². The van der Waals surface area contributed by atoms with Crippen LogP contribution in [0.5, 0.6) is 0 Å². The molecule has 2 aromatic heterocycles. The molecule has 2 aromatic rings. The van der Waals surface area contributed by atoms with Gasteiger partial charge in [0.15, 0.2) is 0 Å². The molecule has 22 heavy (non-hydrogen) atoms. The van der Waals surface area contributed by atoms with Gasteiger partial charge in [-0.2, -0.15) is 0 Å². The van der Waals surface area contributed by atoms with E-state index >= 15 is 0 Å². The Hall–Kier alpha value is -1.24. The summed E-state index contributed by atoms with van der Waals surface area (Å²) < 4.78 is 6.40. The van der Waals surface area contributed by atoms with E-state index in [9.17, 15) is 0 Å². The molecular weight excluding hydrogens is 344 g/mol. The van der Waals surface area contributed by atoms with Gasteiger partial charge in [0.05, 0.1) is 17.8 Å². The summed E-state index contributed by atoms with van der Waals surface area (Å²) in [6.45, 7) is 8.84. The Labute approximate surface area is 139 Å². The maximum atomic E-state index is 5.44. The molecule has 0 unspecified atom stereocenters. The van der Waals surface area contributed by atoms with Crippen molar-refractivity contribution in [3.05, 3.63) is 29.0 Å². The summed E-state index contributed by atoms with van der Waals surface area (Å²) in [6, 6.07) is 4.09. The molecule has 0 atom stereocenters. The summed E-state index contributed by atoms with van der Waals surface area (Å²) in [5.41, 5.74) is 3.10. The molecule has 0 radical (unpaired) electrons. The van der Waals surface area contributed by atoms with Crippen LogP contribution in [0.15, 0.2) is 29.0 Å². The molecule has 0 saturated carbocycles. The SMILES string of the molecule is CCOCCN1CCN(c2ccnc3cc(Br)cnc23)CC1. The van der Waals surface area contributed by atoms with Crippen LogP contribution in [0.3, 0.4) is 0 Å². The van der Waals surface area contributed by atoms with E-state index in [0.717, 1.165) is 61.4 Å². The van der Waals surface area contributed by atoms with Crippen LogP contribution in [0.2, 0.25) is 0 Å². The smallest absolute Gasteiger partial charge is 0.112 e. The largest absolute Gasteiger partial charge is 0.380 e. The number of anilines is 1. The van der Waals surface area contributed by atoms with Gasteiger partial charge in [0, 0.05) is 56.2 Å². The molecule has 0 aromatic carbocycles. The summed E-state index contributed by atoms with van der Waals surface area (Å²) in [5.74, 6) is 0. The molecule has 5 nitrogen and oxygen atoms in total. The van der Waals surface area contributed by atoms with Crippen molar-refractivity contribution in [1.29, 1.82) is 0 Å². The van der Waals surface area contributed by atoms with E-state index in [1.165, 1.54) is 5.69 Å². The van der Waals surface area contributed by atoms with Gasteiger partial charge < -0.3 is 9.64 Å². The summed E-state index contributed by atoms with van der Waals surface area (Å²) in [6.07, 6.45) is 3.71. The predicted molar refractivity (Wildman–Crippen MR) is 92.4 cm³/mol. The monoisotopic (exact) mass is 364 g/mol. The van der Waals surface area contributed by atoms with Crippen molar-refractivity contribution in [2.75, 3.05) is 50.8 Å². The van der Waals surface area contributed by atoms with Crippen molar-refractivity contribution >= 4 is 32.7 Å². The van der Waals surface area contributed by atoms with Gasteiger partial charge in [0.2, 0.25) is 0 Å². The topological polar surface area (TPSA) is 41.5 Å². The molecule has 0 aliphatic carbocycles. The molecule has 3 heterocycles. The van der Waals surface area contributed by atoms with Crippen LogP contribution in [-0.2, 0) is 4.74 Å². The molecule has 1 aliphatic heterocycles. The lowest BCUT2D eigenvalue weighted by Gasteiger charge is -2.36. The highest BCUT2D eigenvalue weighted by atomic mass is 79.9. The van der Waals surface area contributed by atoms with E-state index in [-0.39, 0.29) is 0 Å². The Morgan fingerprint density at radius 1 is 1.23 bits per heavy atom. The molecule has 118 valence electrons. The van der Waals surface area contributed by atoms with Gasteiger partial charge in [0.25, 0.3) is 0 Å². The van der Waals surface area contributed by atoms with Crippen molar-refractivity contribution in [3.8, 4) is 0 Å². The number of hydrogen-bond acceptors (Lipinski definition) is 5. The Morgan fingerprint density at radius 3 is 2.82 bits per heavy atom. The highest BCUT2D eigenvalue weighted by Gasteiger charge is 2.19. The Kier molecular flexibility index (Phi) is 5.23. The maximum absolute atomic E-state index is 5.44. The fourth-order valence-corrected chi connectivity index (χ4v) is 3.12. The zero-order valence-electron chi connectivity index (χ0n) is 12.8. The van der Waals surface area contributed by atoms with Crippen LogP contribution in [0, 0.1) is 0 Å². The van der Waals surface area contributed by atoms with Gasteiger partial charge in [-0.25, -0.2) is 0 Å². The second-order valence-corrected chi connectivity index (χ2v) is 6.29. The standard InChI is InChI=1S/C16H21BrN4O/c1-2-22-10-9-20-5-7-21(8-6-20)15-3-4-18-14-11-13(17)12-19-16(14)15/h3-4,11-12H,2,5-10H2,1H3. The second-order valence-electron chi connectivity index (χ2n) is 5.38. The number of hydrogen-bond donors (Lipinski definition) is 0.